The molecule has 144 valence electrons. The van der Waals surface area contributed by atoms with Crippen molar-refractivity contribution in [2.24, 2.45) is 5.92 Å². The Morgan fingerprint density at radius 2 is 1.78 bits per heavy atom. The van der Waals surface area contributed by atoms with Crippen molar-refractivity contribution in [2.75, 3.05) is 18.8 Å². The second-order valence-electron chi connectivity index (χ2n) is 6.84. The summed E-state index contributed by atoms with van der Waals surface area (Å²) in [5, 5.41) is 0. The zero-order valence-electron chi connectivity index (χ0n) is 15.3. The number of hydrogen-bond acceptors (Lipinski definition) is 2. The predicted molar refractivity (Wildman–Crippen MR) is 103 cm³/mol. The molecule has 0 N–H and O–H groups in total. The third-order valence-corrected chi connectivity index (χ3v) is 6.59. The SMILES string of the molecule is CCC(=O)N1CCC(CS(=O)c2ccc(-c3ccc(F)cc3F)cc2)CC1. The highest BCUT2D eigenvalue weighted by Crippen LogP contribution is 2.26. The second kappa shape index (κ2) is 8.74. The number of carbonyl (C=O) groups is 1. The zero-order chi connectivity index (χ0) is 19.4. The van der Waals surface area contributed by atoms with Gasteiger partial charge < -0.3 is 4.90 Å². The lowest BCUT2D eigenvalue weighted by molar-refractivity contribution is -0.132. The van der Waals surface area contributed by atoms with E-state index >= 15 is 0 Å². The first kappa shape index (κ1) is 19.7. The van der Waals surface area contributed by atoms with E-state index in [1.54, 1.807) is 24.3 Å². The normalized spacial score (nSPS) is 16.3. The molecule has 1 atom stereocenters. The van der Waals surface area contributed by atoms with Gasteiger partial charge in [-0.25, -0.2) is 8.78 Å². The summed E-state index contributed by atoms with van der Waals surface area (Å²) in [6.45, 7) is 3.33. The molecule has 1 fully saturated rings. The van der Waals surface area contributed by atoms with E-state index in [2.05, 4.69) is 0 Å². The number of benzene rings is 2. The van der Waals surface area contributed by atoms with Gasteiger partial charge in [-0.2, -0.15) is 0 Å². The molecule has 0 spiro atoms. The van der Waals surface area contributed by atoms with Crippen molar-refractivity contribution < 1.29 is 17.8 Å². The van der Waals surface area contributed by atoms with E-state index in [-0.39, 0.29) is 5.91 Å². The summed E-state index contributed by atoms with van der Waals surface area (Å²) < 4.78 is 39.6. The molecular formula is C21H23F2NO2S. The summed E-state index contributed by atoms with van der Waals surface area (Å²) in [5.41, 5.74) is 0.946. The molecule has 3 rings (SSSR count). The average Bonchev–Trinajstić information content (AvgIpc) is 2.68. The molecule has 0 bridgehead atoms. The number of nitrogens with zero attached hydrogens (tertiary/aromatic N) is 1. The summed E-state index contributed by atoms with van der Waals surface area (Å²) in [4.78, 5) is 14.3. The fraction of sp³-hybridized carbons (Fsp3) is 0.381. The van der Waals surface area contributed by atoms with Crippen LogP contribution in [0.15, 0.2) is 47.4 Å². The van der Waals surface area contributed by atoms with Crippen molar-refractivity contribution in [2.45, 2.75) is 31.1 Å². The van der Waals surface area contributed by atoms with Gasteiger partial charge in [0.05, 0.1) is 10.8 Å². The lowest BCUT2D eigenvalue weighted by Crippen LogP contribution is -2.39. The van der Waals surface area contributed by atoms with Crippen LogP contribution in [-0.2, 0) is 15.6 Å². The van der Waals surface area contributed by atoms with Crippen LogP contribution in [0.2, 0.25) is 0 Å². The van der Waals surface area contributed by atoms with Gasteiger partial charge in [0.25, 0.3) is 0 Å². The lowest BCUT2D eigenvalue weighted by atomic mass is 9.99. The van der Waals surface area contributed by atoms with Crippen LogP contribution >= 0.6 is 0 Å². The van der Waals surface area contributed by atoms with Gasteiger partial charge >= 0.3 is 0 Å². The minimum absolute atomic E-state index is 0.179. The number of carbonyl (C=O) groups excluding carboxylic acids is 1. The third kappa shape index (κ3) is 4.80. The predicted octanol–water partition coefficient (Wildman–Crippen LogP) is 4.39. The molecule has 1 heterocycles. The van der Waals surface area contributed by atoms with Crippen molar-refractivity contribution in [1.82, 2.24) is 4.90 Å². The largest absolute Gasteiger partial charge is 0.343 e. The lowest BCUT2D eigenvalue weighted by Gasteiger charge is -2.31. The van der Waals surface area contributed by atoms with Gasteiger partial charge in [-0.05, 0) is 48.6 Å². The molecule has 1 saturated heterocycles. The number of hydrogen-bond donors (Lipinski definition) is 0. The summed E-state index contributed by atoms with van der Waals surface area (Å²) in [5.74, 6) is -0.143. The van der Waals surface area contributed by atoms with Crippen molar-refractivity contribution in [3.05, 3.63) is 54.1 Å². The van der Waals surface area contributed by atoms with Crippen molar-refractivity contribution in [3.63, 3.8) is 0 Å². The molecule has 0 saturated carbocycles. The van der Waals surface area contributed by atoms with Crippen LogP contribution in [0.3, 0.4) is 0 Å². The van der Waals surface area contributed by atoms with Crippen LogP contribution in [0.4, 0.5) is 8.78 Å². The van der Waals surface area contributed by atoms with Gasteiger partial charge in [-0.3, -0.25) is 9.00 Å². The van der Waals surface area contributed by atoms with E-state index in [0.29, 0.717) is 34.1 Å². The smallest absolute Gasteiger partial charge is 0.222 e. The first-order chi connectivity index (χ1) is 13.0. The van der Waals surface area contributed by atoms with Crippen LogP contribution < -0.4 is 0 Å². The van der Waals surface area contributed by atoms with E-state index in [1.165, 1.54) is 12.1 Å². The number of piperidine rings is 1. The minimum atomic E-state index is -1.14. The Morgan fingerprint density at radius 1 is 1.11 bits per heavy atom. The summed E-state index contributed by atoms with van der Waals surface area (Å²) >= 11 is 0. The first-order valence-electron chi connectivity index (χ1n) is 9.19. The Bertz CT molecular complexity index is 831. The number of rotatable bonds is 5. The van der Waals surface area contributed by atoms with Crippen molar-refractivity contribution >= 4 is 16.7 Å². The topological polar surface area (TPSA) is 37.4 Å². The van der Waals surface area contributed by atoms with E-state index in [0.717, 1.165) is 32.0 Å². The van der Waals surface area contributed by atoms with Crippen LogP contribution in [0, 0.1) is 17.6 Å². The molecule has 1 aliphatic heterocycles. The first-order valence-corrected chi connectivity index (χ1v) is 10.5. The second-order valence-corrected chi connectivity index (χ2v) is 8.33. The van der Waals surface area contributed by atoms with Crippen molar-refractivity contribution in [1.29, 1.82) is 0 Å². The third-order valence-electron chi connectivity index (χ3n) is 5.02. The maximum atomic E-state index is 13.9. The standard InChI is InChI=1S/C21H23F2NO2S/c1-2-21(25)24-11-9-15(10-12-24)14-27(26)18-6-3-16(4-7-18)19-8-5-17(22)13-20(19)23/h3-8,13,15H,2,9-12,14H2,1H3. The highest BCUT2D eigenvalue weighted by molar-refractivity contribution is 7.85. The number of halogens is 2. The van der Waals surface area contributed by atoms with Gasteiger partial charge in [-0.15, -0.1) is 0 Å². The molecule has 27 heavy (non-hydrogen) atoms. The Balaban J connectivity index is 1.60. The highest BCUT2D eigenvalue weighted by Gasteiger charge is 2.23. The minimum Gasteiger partial charge on any atom is -0.343 e. The summed E-state index contributed by atoms with van der Waals surface area (Å²) in [6.07, 6.45) is 2.27. The van der Waals surface area contributed by atoms with Crippen molar-refractivity contribution in [3.8, 4) is 11.1 Å². The highest BCUT2D eigenvalue weighted by atomic mass is 32.2. The fourth-order valence-electron chi connectivity index (χ4n) is 3.39. The van der Waals surface area contributed by atoms with E-state index in [1.807, 2.05) is 11.8 Å². The molecule has 3 nitrogen and oxygen atoms in total. The zero-order valence-corrected chi connectivity index (χ0v) is 16.1. The molecule has 0 aliphatic carbocycles. The summed E-state index contributed by atoms with van der Waals surface area (Å²) in [6, 6.07) is 10.4. The molecular weight excluding hydrogens is 368 g/mol. The molecule has 1 unspecified atom stereocenters. The Kier molecular flexibility index (Phi) is 6.37. The molecule has 0 aromatic heterocycles. The van der Waals surface area contributed by atoms with Crippen LogP contribution in [0.5, 0.6) is 0 Å². The number of likely N-dealkylation sites (tertiary alicyclic amines) is 1. The molecule has 1 aliphatic rings. The molecule has 1 amide bonds. The van der Waals surface area contributed by atoms with Crippen LogP contribution in [0.25, 0.3) is 11.1 Å². The van der Waals surface area contributed by atoms with Gasteiger partial charge in [0.1, 0.15) is 11.6 Å². The molecule has 2 aromatic carbocycles. The van der Waals surface area contributed by atoms with Gasteiger partial charge in [0.15, 0.2) is 0 Å². The molecule has 2 aromatic rings. The fourth-order valence-corrected chi connectivity index (χ4v) is 4.79. The van der Waals surface area contributed by atoms with Crippen LogP contribution in [-0.4, -0.2) is 33.9 Å². The quantitative estimate of drug-likeness (QED) is 0.758. The monoisotopic (exact) mass is 391 g/mol. The Hall–Kier alpha value is -2.08. The van der Waals surface area contributed by atoms with Gasteiger partial charge in [0, 0.05) is 41.8 Å². The Labute approximate surface area is 160 Å². The van der Waals surface area contributed by atoms with Gasteiger partial charge in [0.2, 0.25) is 5.91 Å². The molecule has 0 radical (unpaired) electrons. The average molecular weight is 391 g/mol. The van der Waals surface area contributed by atoms with Gasteiger partial charge in [-0.1, -0.05) is 19.1 Å². The van der Waals surface area contributed by atoms with Crippen LogP contribution in [0.1, 0.15) is 26.2 Å². The summed E-state index contributed by atoms with van der Waals surface area (Å²) in [7, 11) is -1.14. The maximum absolute atomic E-state index is 13.9. The van der Waals surface area contributed by atoms with E-state index in [4.69, 9.17) is 0 Å². The van der Waals surface area contributed by atoms with E-state index in [9.17, 15) is 17.8 Å². The molecule has 6 heteroatoms. The van der Waals surface area contributed by atoms with E-state index < -0.39 is 22.4 Å². The maximum Gasteiger partial charge on any atom is 0.222 e. The number of amides is 1. The Morgan fingerprint density at radius 3 is 2.37 bits per heavy atom.